The quantitative estimate of drug-likeness (QED) is 0.755. The third-order valence-corrected chi connectivity index (χ3v) is 2.90. The number of nitrogens with one attached hydrogen (secondary N) is 1. The van der Waals surface area contributed by atoms with E-state index in [4.69, 9.17) is 4.84 Å². The minimum absolute atomic E-state index is 0.115. The summed E-state index contributed by atoms with van der Waals surface area (Å²) in [6.07, 6.45) is 1.03. The van der Waals surface area contributed by atoms with Crippen molar-refractivity contribution >= 4 is 5.91 Å². The largest absolute Gasteiger partial charge is 0.312 e. The molecule has 0 fully saturated rings. The van der Waals surface area contributed by atoms with Crippen LogP contribution in [0.3, 0.4) is 0 Å². The van der Waals surface area contributed by atoms with Crippen molar-refractivity contribution in [3.8, 4) is 0 Å². The zero-order chi connectivity index (χ0) is 11.5. The van der Waals surface area contributed by atoms with E-state index in [0.29, 0.717) is 5.56 Å². The fraction of sp³-hybridized carbons (Fsp3) is 0.417. The van der Waals surface area contributed by atoms with Gasteiger partial charge in [0.25, 0.3) is 5.91 Å². The van der Waals surface area contributed by atoms with Crippen molar-refractivity contribution in [3.63, 3.8) is 0 Å². The van der Waals surface area contributed by atoms with Crippen molar-refractivity contribution in [3.05, 3.63) is 34.9 Å². The normalized spacial score (nSPS) is 14.4. The van der Waals surface area contributed by atoms with Crippen molar-refractivity contribution in [1.29, 1.82) is 0 Å². The van der Waals surface area contributed by atoms with Gasteiger partial charge in [0.05, 0.1) is 7.11 Å². The molecule has 2 rings (SSSR count). The maximum absolute atomic E-state index is 11.8. The molecule has 0 saturated carbocycles. The molecule has 0 aromatic heterocycles. The minimum atomic E-state index is -0.115. The Balaban J connectivity index is 2.26. The summed E-state index contributed by atoms with van der Waals surface area (Å²) in [7, 11) is 3.10. The SMILES string of the molecule is CON(C)C(=O)c1ccc2c(c1)CNCC2. The second-order valence-corrected chi connectivity index (χ2v) is 3.90. The van der Waals surface area contributed by atoms with Crippen molar-refractivity contribution < 1.29 is 9.63 Å². The molecule has 1 amide bonds. The van der Waals surface area contributed by atoms with E-state index in [2.05, 4.69) is 5.32 Å². The van der Waals surface area contributed by atoms with Crippen molar-refractivity contribution in [2.45, 2.75) is 13.0 Å². The van der Waals surface area contributed by atoms with Gasteiger partial charge >= 0.3 is 0 Å². The minimum Gasteiger partial charge on any atom is -0.312 e. The number of hydrogen-bond acceptors (Lipinski definition) is 3. The van der Waals surface area contributed by atoms with Crippen LogP contribution in [0, 0.1) is 0 Å². The van der Waals surface area contributed by atoms with Gasteiger partial charge in [0.15, 0.2) is 0 Å². The average molecular weight is 220 g/mol. The Morgan fingerprint density at radius 3 is 3.00 bits per heavy atom. The van der Waals surface area contributed by atoms with Crippen LogP contribution < -0.4 is 5.32 Å². The second kappa shape index (κ2) is 4.63. The van der Waals surface area contributed by atoms with Gasteiger partial charge in [-0.15, -0.1) is 0 Å². The lowest BCUT2D eigenvalue weighted by molar-refractivity contribution is -0.0757. The molecule has 1 aliphatic heterocycles. The first-order valence-corrected chi connectivity index (χ1v) is 5.37. The van der Waals surface area contributed by atoms with Gasteiger partial charge in [-0.25, -0.2) is 5.06 Å². The van der Waals surface area contributed by atoms with Gasteiger partial charge in [0, 0.05) is 19.2 Å². The monoisotopic (exact) mass is 220 g/mol. The van der Waals surface area contributed by atoms with E-state index in [1.807, 2.05) is 18.2 Å². The van der Waals surface area contributed by atoms with Crippen LogP contribution >= 0.6 is 0 Å². The molecule has 0 aliphatic carbocycles. The van der Waals surface area contributed by atoms with Crippen LogP contribution in [0.25, 0.3) is 0 Å². The summed E-state index contributed by atoms with van der Waals surface area (Å²) < 4.78 is 0. The first-order chi connectivity index (χ1) is 7.72. The van der Waals surface area contributed by atoms with Crippen LogP contribution in [0.1, 0.15) is 21.5 Å². The smallest absolute Gasteiger partial charge is 0.277 e. The topological polar surface area (TPSA) is 41.6 Å². The lowest BCUT2D eigenvalue weighted by Gasteiger charge is -2.19. The number of fused-ring (bicyclic) bond motifs is 1. The molecule has 0 saturated heterocycles. The van der Waals surface area contributed by atoms with Crippen LogP contribution in [0.4, 0.5) is 0 Å². The number of carbonyl (C=O) groups is 1. The van der Waals surface area contributed by atoms with Gasteiger partial charge in [-0.1, -0.05) is 6.07 Å². The molecule has 1 aliphatic rings. The number of carbonyl (C=O) groups excluding carboxylic acids is 1. The highest BCUT2D eigenvalue weighted by molar-refractivity contribution is 5.93. The van der Waals surface area contributed by atoms with E-state index in [-0.39, 0.29) is 5.91 Å². The third kappa shape index (κ3) is 2.08. The molecule has 1 aromatic carbocycles. The molecule has 1 heterocycles. The van der Waals surface area contributed by atoms with Gasteiger partial charge in [-0.3, -0.25) is 9.63 Å². The Morgan fingerprint density at radius 2 is 2.25 bits per heavy atom. The first-order valence-electron chi connectivity index (χ1n) is 5.37. The predicted octanol–water partition coefficient (Wildman–Crippen LogP) is 0.966. The van der Waals surface area contributed by atoms with Crippen molar-refractivity contribution in [2.75, 3.05) is 20.7 Å². The van der Waals surface area contributed by atoms with Gasteiger partial charge < -0.3 is 5.32 Å². The molecule has 4 heteroatoms. The van der Waals surface area contributed by atoms with Crippen LogP contribution in [-0.2, 0) is 17.8 Å². The average Bonchev–Trinajstić information content (AvgIpc) is 2.36. The van der Waals surface area contributed by atoms with E-state index in [1.165, 1.54) is 23.3 Å². The molecule has 1 N–H and O–H groups in total. The van der Waals surface area contributed by atoms with E-state index >= 15 is 0 Å². The van der Waals surface area contributed by atoms with Gasteiger partial charge in [0.2, 0.25) is 0 Å². The van der Waals surface area contributed by atoms with E-state index in [9.17, 15) is 4.79 Å². The summed E-state index contributed by atoms with van der Waals surface area (Å²) in [5.74, 6) is -0.115. The van der Waals surface area contributed by atoms with E-state index < -0.39 is 0 Å². The second-order valence-electron chi connectivity index (χ2n) is 3.90. The Labute approximate surface area is 95.2 Å². The number of rotatable bonds is 2. The molecular formula is C12H16N2O2. The summed E-state index contributed by atoms with van der Waals surface area (Å²) in [4.78, 5) is 16.7. The first kappa shape index (κ1) is 11.1. The molecular weight excluding hydrogens is 204 g/mol. The summed E-state index contributed by atoms with van der Waals surface area (Å²) >= 11 is 0. The Kier molecular flexibility index (Phi) is 3.22. The Hall–Kier alpha value is -1.39. The van der Waals surface area contributed by atoms with Crippen molar-refractivity contribution in [1.82, 2.24) is 10.4 Å². The van der Waals surface area contributed by atoms with E-state index in [0.717, 1.165) is 19.5 Å². The molecule has 1 aromatic rings. The van der Waals surface area contributed by atoms with Crippen LogP contribution in [0.2, 0.25) is 0 Å². The highest BCUT2D eigenvalue weighted by Gasteiger charge is 2.15. The summed E-state index contributed by atoms with van der Waals surface area (Å²) in [5, 5.41) is 4.53. The van der Waals surface area contributed by atoms with Gasteiger partial charge in [-0.2, -0.15) is 0 Å². The number of hydroxylamine groups is 2. The van der Waals surface area contributed by atoms with E-state index in [1.54, 1.807) is 7.05 Å². The zero-order valence-corrected chi connectivity index (χ0v) is 9.62. The number of benzene rings is 1. The number of nitrogens with zero attached hydrogens (tertiary/aromatic N) is 1. The fourth-order valence-electron chi connectivity index (χ4n) is 1.88. The zero-order valence-electron chi connectivity index (χ0n) is 9.62. The molecule has 0 radical (unpaired) electrons. The fourth-order valence-corrected chi connectivity index (χ4v) is 1.88. The van der Waals surface area contributed by atoms with Gasteiger partial charge in [0.1, 0.15) is 0 Å². The Bertz CT molecular complexity index is 404. The standard InChI is InChI=1S/C12H16N2O2/c1-14(16-2)12(15)10-4-3-9-5-6-13-8-11(9)7-10/h3-4,7,13H,5-6,8H2,1-2H3. The van der Waals surface area contributed by atoms with Crippen LogP contribution in [-0.4, -0.2) is 31.7 Å². The maximum atomic E-state index is 11.8. The maximum Gasteiger partial charge on any atom is 0.277 e. The van der Waals surface area contributed by atoms with Crippen LogP contribution in [0.5, 0.6) is 0 Å². The molecule has 4 nitrogen and oxygen atoms in total. The summed E-state index contributed by atoms with van der Waals surface area (Å²) in [6.45, 7) is 1.85. The van der Waals surface area contributed by atoms with Gasteiger partial charge in [-0.05, 0) is 36.2 Å². The summed E-state index contributed by atoms with van der Waals surface area (Å²) in [6, 6.07) is 5.84. The molecule has 16 heavy (non-hydrogen) atoms. The number of hydrogen-bond donors (Lipinski definition) is 1. The molecule has 0 bridgehead atoms. The molecule has 0 unspecified atom stereocenters. The Morgan fingerprint density at radius 1 is 1.44 bits per heavy atom. The lowest BCUT2D eigenvalue weighted by atomic mass is 9.98. The summed E-state index contributed by atoms with van der Waals surface area (Å²) in [5.41, 5.74) is 3.21. The molecule has 86 valence electrons. The highest BCUT2D eigenvalue weighted by Crippen LogP contribution is 2.16. The number of amides is 1. The third-order valence-electron chi connectivity index (χ3n) is 2.90. The molecule has 0 atom stereocenters. The lowest BCUT2D eigenvalue weighted by Crippen LogP contribution is -2.27. The van der Waals surface area contributed by atoms with Crippen LogP contribution in [0.15, 0.2) is 18.2 Å². The molecule has 0 spiro atoms. The van der Waals surface area contributed by atoms with Crippen molar-refractivity contribution in [2.24, 2.45) is 0 Å². The predicted molar refractivity (Wildman–Crippen MR) is 61.0 cm³/mol. The highest BCUT2D eigenvalue weighted by atomic mass is 16.7.